The van der Waals surface area contributed by atoms with Gasteiger partial charge < -0.3 is 9.64 Å². The molecule has 1 atom stereocenters. The van der Waals surface area contributed by atoms with Crippen LogP contribution in [-0.2, 0) is 14.3 Å². The van der Waals surface area contributed by atoms with Crippen molar-refractivity contribution in [1.82, 2.24) is 4.90 Å². The normalized spacial score (nSPS) is 20.5. The number of esters is 1. The molecule has 0 aromatic heterocycles. The molecule has 1 aliphatic rings. The van der Waals surface area contributed by atoms with Crippen molar-refractivity contribution >= 4 is 11.9 Å². The molecule has 0 aliphatic carbocycles. The van der Waals surface area contributed by atoms with Gasteiger partial charge in [-0.05, 0) is 18.9 Å². The van der Waals surface area contributed by atoms with Gasteiger partial charge in [-0.3, -0.25) is 9.59 Å². The molecule has 1 aliphatic heterocycles. The number of carbonyl (C=O) groups excluding carboxylic acids is 2. The van der Waals surface area contributed by atoms with Crippen LogP contribution in [0.3, 0.4) is 0 Å². The maximum atomic E-state index is 11.6. The summed E-state index contributed by atoms with van der Waals surface area (Å²) < 4.78 is 5.16. The molecule has 0 fully saturated rings. The minimum absolute atomic E-state index is 0.0493. The molecular weight excluding hydrogens is 194 g/mol. The Bertz CT molecular complexity index is 296. The number of amides is 1. The largest absolute Gasteiger partial charge is 0.438 e. The van der Waals surface area contributed by atoms with Gasteiger partial charge in [-0.15, -0.1) is 0 Å². The molecule has 4 nitrogen and oxygen atoms in total. The van der Waals surface area contributed by atoms with Crippen molar-refractivity contribution in [2.24, 2.45) is 0 Å². The van der Waals surface area contributed by atoms with E-state index in [1.165, 1.54) is 4.90 Å². The lowest BCUT2D eigenvalue weighted by Gasteiger charge is -2.19. The van der Waals surface area contributed by atoms with Crippen molar-refractivity contribution in [1.29, 1.82) is 0 Å². The molecule has 4 heteroatoms. The van der Waals surface area contributed by atoms with Gasteiger partial charge in [0.15, 0.2) is 6.23 Å². The lowest BCUT2D eigenvalue weighted by atomic mass is 10.2. The number of hydrogen-bond donors (Lipinski definition) is 0. The molecule has 0 aromatic carbocycles. The summed E-state index contributed by atoms with van der Waals surface area (Å²) in [5.41, 5.74) is 0.715. The number of ether oxygens (including phenoxy) is 1. The maximum absolute atomic E-state index is 11.6. The third-order valence-electron chi connectivity index (χ3n) is 2.41. The smallest absolute Gasteiger partial charge is 0.307 e. The molecule has 1 rings (SSSR count). The van der Waals surface area contributed by atoms with Crippen LogP contribution in [0, 0.1) is 0 Å². The Labute approximate surface area is 89.9 Å². The van der Waals surface area contributed by atoms with E-state index in [9.17, 15) is 9.59 Å². The number of likely N-dealkylation sites (N-methyl/N-ethyl adjacent to an activating group) is 1. The summed E-state index contributed by atoms with van der Waals surface area (Å²) in [6.07, 6.45) is 3.04. The highest BCUT2D eigenvalue weighted by Crippen LogP contribution is 2.19. The van der Waals surface area contributed by atoms with Crippen molar-refractivity contribution in [2.75, 3.05) is 7.05 Å². The van der Waals surface area contributed by atoms with Gasteiger partial charge in [-0.1, -0.05) is 13.8 Å². The van der Waals surface area contributed by atoms with E-state index in [1.54, 1.807) is 13.1 Å². The fraction of sp³-hybridized carbons (Fsp3) is 0.636. The third-order valence-corrected chi connectivity index (χ3v) is 2.41. The first-order valence-electron chi connectivity index (χ1n) is 5.27. The SMILES string of the molecule is CCCC(=O)OC1C=C(CC)C(=O)N1C. The molecule has 0 radical (unpaired) electrons. The summed E-state index contributed by atoms with van der Waals surface area (Å²) in [6, 6.07) is 0. The zero-order chi connectivity index (χ0) is 11.4. The van der Waals surface area contributed by atoms with Crippen LogP contribution in [0.15, 0.2) is 11.6 Å². The van der Waals surface area contributed by atoms with E-state index in [0.29, 0.717) is 18.4 Å². The van der Waals surface area contributed by atoms with Crippen molar-refractivity contribution < 1.29 is 14.3 Å². The van der Waals surface area contributed by atoms with Gasteiger partial charge in [-0.25, -0.2) is 0 Å². The molecule has 0 saturated carbocycles. The van der Waals surface area contributed by atoms with E-state index >= 15 is 0 Å². The Morgan fingerprint density at radius 3 is 2.67 bits per heavy atom. The minimum atomic E-state index is -0.508. The lowest BCUT2D eigenvalue weighted by Crippen LogP contribution is -2.33. The minimum Gasteiger partial charge on any atom is -0.438 e. The van der Waals surface area contributed by atoms with Gasteiger partial charge in [0, 0.05) is 19.0 Å². The highest BCUT2D eigenvalue weighted by Gasteiger charge is 2.30. The Hall–Kier alpha value is -1.32. The molecular formula is C11H17NO3. The van der Waals surface area contributed by atoms with Crippen molar-refractivity contribution in [3.63, 3.8) is 0 Å². The predicted octanol–water partition coefficient (Wildman–Crippen LogP) is 1.46. The molecule has 1 unspecified atom stereocenters. The zero-order valence-electron chi connectivity index (χ0n) is 9.45. The highest BCUT2D eigenvalue weighted by atomic mass is 16.6. The van der Waals surface area contributed by atoms with Crippen molar-refractivity contribution in [3.8, 4) is 0 Å². The molecule has 0 N–H and O–H groups in total. The monoisotopic (exact) mass is 211 g/mol. The van der Waals surface area contributed by atoms with Crippen molar-refractivity contribution in [3.05, 3.63) is 11.6 Å². The van der Waals surface area contributed by atoms with Gasteiger partial charge in [0.25, 0.3) is 5.91 Å². The average molecular weight is 211 g/mol. The van der Waals surface area contributed by atoms with Crippen LogP contribution in [0.4, 0.5) is 0 Å². The summed E-state index contributed by atoms with van der Waals surface area (Å²) in [7, 11) is 1.64. The van der Waals surface area contributed by atoms with Crippen LogP contribution in [0.25, 0.3) is 0 Å². The zero-order valence-corrected chi connectivity index (χ0v) is 9.45. The van der Waals surface area contributed by atoms with E-state index in [0.717, 1.165) is 6.42 Å². The first-order valence-corrected chi connectivity index (χ1v) is 5.27. The first-order chi connectivity index (χ1) is 7.10. The quantitative estimate of drug-likeness (QED) is 0.661. The van der Waals surface area contributed by atoms with Gasteiger partial charge in [-0.2, -0.15) is 0 Å². The number of nitrogens with zero attached hydrogens (tertiary/aromatic N) is 1. The lowest BCUT2D eigenvalue weighted by molar-refractivity contribution is -0.155. The Kier molecular flexibility index (Phi) is 3.88. The van der Waals surface area contributed by atoms with Crippen LogP contribution < -0.4 is 0 Å². The maximum Gasteiger partial charge on any atom is 0.307 e. The molecule has 0 saturated heterocycles. The Morgan fingerprint density at radius 1 is 1.53 bits per heavy atom. The third kappa shape index (κ3) is 2.58. The molecule has 15 heavy (non-hydrogen) atoms. The van der Waals surface area contributed by atoms with Crippen LogP contribution in [0.2, 0.25) is 0 Å². The standard InChI is InChI=1S/C11H17NO3/c1-4-6-10(13)15-9-7-8(5-2)11(14)12(9)3/h7,9H,4-6H2,1-3H3. The molecule has 1 heterocycles. The van der Waals surface area contributed by atoms with Gasteiger partial charge in [0.2, 0.25) is 0 Å². The van der Waals surface area contributed by atoms with Crippen LogP contribution in [-0.4, -0.2) is 30.1 Å². The Morgan fingerprint density at radius 2 is 2.20 bits per heavy atom. The molecule has 0 spiro atoms. The van der Waals surface area contributed by atoms with Gasteiger partial charge >= 0.3 is 5.97 Å². The molecule has 0 aromatic rings. The van der Waals surface area contributed by atoms with E-state index in [-0.39, 0.29) is 11.9 Å². The van der Waals surface area contributed by atoms with Gasteiger partial charge in [0.1, 0.15) is 0 Å². The molecule has 1 amide bonds. The van der Waals surface area contributed by atoms with Gasteiger partial charge in [0.05, 0.1) is 0 Å². The van der Waals surface area contributed by atoms with Crippen LogP contribution in [0.5, 0.6) is 0 Å². The number of carbonyl (C=O) groups is 2. The average Bonchev–Trinajstić information content (AvgIpc) is 2.46. The fourth-order valence-corrected chi connectivity index (χ4v) is 1.48. The summed E-state index contributed by atoms with van der Waals surface area (Å²) >= 11 is 0. The van der Waals surface area contributed by atoms with Crippen molar-refractivity contribution in [2.45, 2.75) is 39.3 Å². The second-order valence-electron chi connectivity index (χ2n) is 3.59. The summed E-state index contributed by atoms with van der Waals surface area (Å²) in [5, 5.41) is 0. The second-order valence-corrected chi connectivity index (χ2v) is 3.59. The van der Waals surface area contributed by atoms with Crippen LogP contribution in [0.1, 0.15) is 33.1 Å². The van der Waals surface area contributed by atoms with E-state index in [2.05, 4.69) is 0 Å². The van der Waals surface area contributed by atoms with E-state index in [4.69, 9.17) is 4.74 Å². The molecule has 84 valence electrons. The summed E-state index contributed by atoms with van der Waals surface area (Å²) in [4.78, 5) is 24.3. The summed E-state index contributed by atoms with van der Waals surface area (Å²) in [5.74, 6) is -0.303. The predicted molar refractivity (Wildman–Crippen MR) is 55.9 cm³/mol. The van der Waals surface area contributed by atoms with E-state index < -0.39 is 6.23 Å². The highest BCUT2D eigenvalue weighted by molar-refractivity contribution is 5.96. The van der Waals surface area contributed by atoms with E-state index in [1.807, 2.05) is 13.8 Å². The fourth-order valence-electron chi connectivity index (χ4n) is 1.48. The Balaban J connectivity index is 2.60. The summed E-state index contributed by atoms with van der Waals surface area (Å²) in [6.45, 7) is 3.83. The number of rotatable bonds is 4. The number of hydrogen-bond acceptors (Lipinski definition) is 3. The first kappa shape index (κ1) is 11.8. The topological polar surface area (TPSA) is 46.6 Å². The second kappa shape index (κ2) is 4.96. The molecule has 0 bridgehead atoms. The van der Waals surface area contributed by atoms with Crippen LogP contribution >= 0.6 is 0 Å².